The Balaban J connectivity index is 2.33. The molecule has 120 valence electrons. The van der Waals surface area contributed by atoms with E-state index >= 15 is 0 Å². The van der Waals surface area contributed by atoms with Gasteiger partial charge in [-0.25, -0.2) is 0 Å². The molecule has 2 aliphatic heterocycles. The van der Waals surface area contributed by atoms with Crippen LogP contribution in [0.5, 0.6) is 0 Å². The second-order valence-electron chi connectivity index (χ2n) is 5.65. The smallest absolute Gasteiger partial charge is 0.262 e. The second-order valence-corrected chi connectivity index (χ2v) is 7.36. The summed E-state index contributed by atoms with van der Waals surface area (Å²) in [5.74, 6) is -1.89. The van der Waals surface area contributed by atoms with E-state index in [1.807, 2.05) is 0 Å². The van der Waals surface area contributed by atoms with E-state index in [1.165, 1.54) is 26.2 Å². The van der Waals surface area contributed by atoms with Crippen molar-refractivity contribution in [3.8, 4) is 0 Å². The first-order valence-electron chi connectivity index (χ1n) is 6.89. The lowest BCUT2D eigenvalue weighted by molar-refractivity contribution is 0.0628. The molecule has 0 saturated heterocycles. The maximum Gasteiger partial charge on any atom is 0.262 e. The molecule has 0 atom stereocenters. The maximum atomic E-state index is 12.6. The van der Waals surface area contributed by atoms with Crippen LogP contribution in [0.4, 0.5) is 0 Å². The second kappa shape index (κ2) is 4.73. The van der Waals surface area contributed by atoms with Crippen molar-refractivity contribution in [1.82, 2.24) is 9.80 Å². The lowest BCUT2D eigenvalue weighted by atomic mass is 9.86. The first kappa shape index (κ1) is 15.5. The third-order valence-electron chi connectivity index (χ3n) is 4.42. The summed E-state index contributed by atoms with van der Waals surface area (Å²) in [5.41, 5.74) is 1.13. The number of hydrogen-bond donors (Lipinski definition) is 0. The summed E-state index contributed by atoms with van der Waals surface area (Å²) in [6.07, 6.45) is 0. The van der Waals surface area contributed by atoms with Gasteiger partial charge in [-0.1, -0.05) is 0 Å². The van der Waals surface area contributed by atoms with Crippen molar-refractivity contribution < 1.29 is 19.2 Å². The van der Waals surface area contributed by atoms with Gasteiger partial charge in [0.2, 0.25) is 0 Å². The highest BCUT2D eigenvalue weighted by Crippen LogP contribution is 2.43. The Bertz CT molecular complexity index is 961. The predicted octanol–water partition coefficient (Wildman–Crippen LogP) is 2.82. The fourth-order valence-electron chi connectivity index (χ4n) is 3.21. The van der Waals surface area contributed by atoms with Gasteiger partial charge in [0.05, 0.1) is 11.1 Å². The molecular weight excluding hydrogens is 444 g/mol. The third-order valence-corrected chi connectivity index (χ3v) is 5.67. The van der Waals surface area contributed by atoms with Gasteiger partial charge in [-0.05, 0) is 44.0 Å². The first-order chi connectivity index (χ1) is 11.3. The molecule has 0 radical (unpaired) electrons. The minimum absolute atomic E-state index is 0.282. The molecule has 0 N–H and O–H groups in total. The van der Waals surface area contributed by atoms with E-state index in [0.717, 1.165) is 9.80 Å². The Kier molecular flexibility index (Phi) is 3.05. The zero-order valence-corrected chi connectivity index (χ0v) is 15.6. The number of carbonyl (C=O) groups is 4. The Morgan fingerprint density at radius 2 is 1.00 bits per heavy atom. The number of benzene rings is 2. The van der Waals surface area contributed by atoms with Gasteiger partial charge in [0.15, 0.2) is 0 Å². The fraction of sp³-hybridized carbons (Fsp3) is 0.125. The normalized spacial score (nSPS) is 16.5. The Morgan fingerprint density at radius 3 is 1.33 bits per heavy atom. The van der Waals surface area contributed by atoms with Crippen LogP contribution in [0.1, 0.15) is 41.4 Å². The summed E-state index contributed by atoms with van der Waals surface area (Å²) in [4.78, 5) is 52.2. The largest absolute Gasteiger partial charge is 0.277 e. The molecule has 0 saturated carbocycles. The van der Waals surface area contributed by atoms with Gasteiger partial charge < -0.3 is 0 Å². The van der Waals surface area contributed by atoms with E-state index in [2.05, 4.69) is 31.9 Å². The van der Waals surface area contributed by atoms with Crippen LogP contribution in [0.3, 0.4) is 0 Å². The van der Waals surface area contributed by atoms with Crippen LogP contribution in [0, 0.1) is 0 Å². The van der Waals surface area contributed by atoms with E-state index in [1.54, 1.807) is 0 Å². The van der Waals surface area contributed by atoms with E-state index in [9.17, 15) is 19.2 Å². The molecule has 0 unspecified atom stereocenters. The van der Waals surface area contributed by atoms with Crippen LogP contribution in [0.2, 0.25) is 0 Å². The van der Waals surface area contributed by atoms with Gasteiger partial charge >= 0.3 is 0 Å². The van der Waals surface area contributed by atoms with Crippen molar-refractivity contribution in [3.63, 3.8) is 0 Å². The van der Waals surface area contributed by atoms with E-state index in [0.29, 0.717) is 19.7 Å². The van der Waals surface area contributed by atoms with Crippen LogP contribution >= 0.6 is 31.9 Å². The van der Waals surface area contributed by atoms with E-state index in [4.69, 9.17) is 0 Å². The van der Waals surface area contributed by atoms with Gasteiger partial charge in [0.25, 0.3) is 23.6 Å². The predicted molar refractivity (Wildman–Crippen MR) is 92.2 cm³/mol. The SMILES string of the molecule is CN1C(=O)c2cc(Br)c3c4c(cc(Br)c(c24)C1=O)C(=O)N(C)C3=O. The quantitative estimate of drug-likeness (QED) is 0.577. The molecule has 0 aliphatic carbocycles. The van der Waals surface area contributed by atoms with Crippen molar-refractivity contribution in [2.45, 2.75) is 0 Å². The molecular formula is C16H8Br2N2O4. The molecule has 2 aromatic carbocycles. The summed E-state index contributed by atoms with van der Waals surface area (Å²) >= 11 is 6.66. The van der Waals surface area contributed by atoms with Crippen LogP contribution in [0.15, 0.2) is 21.1 Å². The van der Waals surface area contributed by atoms with Gasteiger partial charge in [-0.2, -0.15) is 0 Å². The number of rotatable bonds is 0. The zero-order valence-electron chi connectivity index (χ0n) is 12.4. The van der Waals surface area contributed by atoms with Crippen LogP contribution in [0.25, 0.3) is 10.8 Å². The fourth-order valence-corrected chi connectivity index (χ4v) is 4.40. The topological polar surface area (TPSA) is 74.8 Å². The lowest BCUT2D eigenvalue weighted by Gasteiger charge is -2.30. The monoisotopic (exact) mass is 450 g/mol. The average Bonchev–Trinajstić information content (AvgIpc) is 2.54. The number of imide groups is 2. The van der Waals surface area contributed by atoms with Crippen molar-refractivity contribution in [2.75, 3.05) is 14.1 Å². The van der Waals surface area contributed by atoms with Gasteiger partial charge in [0.1, 0.15) is 0 Å². The molecule has 8 heteroatoms. The third kappa shape index (κ3) is 1.65. The molecule has 0 bridgehead atoms. The highest BCUT2D eigenvalue weighted by molar-refractivity contribution is 9.10. The molecule has 6 nitrogen and oxygen atoms in total. The van der Waals surface area contributed by atoms with Crippen molar-refractivity contribution >= 4 is 66.3 Å². The van der Waals surface area contributed by atoms with Crippen LogP contribution in [-0.4, -0.2) is 47.5 Å². The molecule has 0 fully saturated rings. The molecule has 24 heavy (non-hydrogen) atoms. The number of amides is 4. The molecule has 4 amide bonds. The minimum atomic E-state index is -0.474. The summed E-state index contributed by atoms with van der Waals surface area (Å²) < 4.78 is 0.833. The maximum absolute atomic E-state index is 12.6. The molecule has 2 aromatic rings. The number of carbonyl (C=O) groups excluding carboxylic acids is 4. The van der Waals surface area contributed by atoms with E-state index in [-0.39, 0.29) is 22.3 Å². The molecule has 0 aromatic heterocycles. The first-order valence-corrected chi connectivity index (χ1v) is 8.47. The van der Waals surface area contributed by atoms with Gasteiger partial charge in [-0.3, -0.25) is 29.0 Å². The molecule has 2 aliphatic rings. The van der Waals surface area contributed by atoms with Crippen molar-refractivity contribution in [2.24, 2.45) is 0 Å². The summed E-state index contributed by atoms with van der Waals surface area (Å²) in [6.45, 7) is 0. The summed E-state index contributed by atoms with van der Waals surface area (Å²) in [7, 11) is 2.80. The highest BCUT2D eigenvalue weighted by atomic mass is 79.9. The molecule has 4 rings (SSSR count). The van der Waals surface area contributed by atoms with Crippen molar-refractivity contribution in [3.05, 3.63) is 43.3 Å². The number of hydrogen-bond acceptors (Lipinski definition) is 4. The highest BCUT2D eigenvalue weighted by Gasteiger charge is 2.40. The lowest BCUT2D eigenvalue weighted by Crippen LogP contribution is -2.40. The average molecular weight is 452 g/mol. The van der Waals surface area contributed by atoms with Gasteiger partial charge in [-0.15, -0.1) is 0 Å². The van der Waals surface area contributed by atoms with Crippen LogP contribution < -0.4 is 0 Å². The van der Waals surface area contributed by atoms with Crippen LogP contribution in [-0.2, 0) is 0 Å². The van der Waals surface area contributed by atoms with Gasteiger partial charge in [0, 0.05) is 44.9 Å². The minimum Gasteiger partial charge on any atom is -0.277 e. The Hall–Kier alpha value is -2.06. The van der Waals surface area contributed by atoms with Crippen molar-refractivity contribution in [1.29, 1.82) is 0 Å². The van der Waals surface area contributed by atoms with E-state index < -0.39 is 23.6 Å². The number of nitrogens with zero attached hydrogens (tertiary/aromatic N) is 2. The summed E-state index contributed by atoms with van der Waals surface area (Å²) in [6, 6.07) is 3.06. The molecule has 0 spiro atoms. The zero-order chi connectivity index (χ0) is 17.5. The number of halogens is 2. The Morgan fingerprint density at radius 1 is 0.667 bits per heavy atom. The summed E-state index contributed by atoms with van der Waals surface area (Å²) in [5, 5.41) is 0.695. The Labute approximate surface area is 152 Å². The molecule has 2 heterocycles. The standard InChI is InChI=1S/C16H8Br2N2O4/c1-19-13(21)5-3-8(18)12-10-6(14(22)20(2)16(12)24)4-7(17)11(9(5)10)15(19)23/h3-4H,1-2H3.